The normalized spacial score (nSPS) is 14.0. The number of aliphatic hydroxyl groups is 1. The highest BCUT2D eigenvalue weighted by Crippen LogP contribution is 2.35. The molecule has 3 aromatic rings. The van der Waals surface area contributed by atoms with Crippen LogP contribution in [0.2, 0.25) is 0 Å². The molecule has 0 fully saturated rings. The van der Waals surface area contributed by atoms with Gasteiger partial charge in [0.25, 0.3) is 0 Å². The van der Waals surface area contributed by atoms with Crippen LogP contribution in [0, 0.1) is 0 Å². The van der Waals surface area contributed by atoms with Gasteiger partial charge in [-0.25, -0.2) is 4.79 Å². The van der Waals surface area contributed by atoms with E-state index in [0.717, 1.165) is 22.8 Å². The molecule has 1 aromatic carbocycles. The largest absolute Gasteiger partial charge is 0.488 e. The van der Waals surface area contributed by atoms with Gasteiger partial charge in [-0.05, 0) is 51.8 Å². The molecule has 0 saturated carbocycles. The van der Waals surface area contributed by atoms with Crippen LogP contribution in [-0.4, -0.2) is 30.5 Å². The second-order valence-corrected chi connectivity index (χ2v) is 7.43. The van der Waals surface area contributed by atoms with Crippen molar-refractivity contribution in [3.63, 3.8) is 0 Å². The Hall–Kier alpha value is -2.57. The minimum absolute atomic E-state index is 0.355. The molecule has 3 rings (SSSR count). The van der Waals surface area contributed by atoms with Crippen molar-refractivity contribution in [2.75, 3.05) is 13.7 Å². The average Bonchev–Trinajstić information content (AvgIpc) is 3.13. The molecule has 0 radical (unpaired) electrons. The fourth-order valence-corrected chi connectivity index (χ4v) is 2.98. The molecule has 6 heteroatoms. The van der Waals surface area contributed by atoms with Gasteiger partial charge >= 0.3 is 5.63 Å². The van der Waals surface area contributed by atoms with Gasteiger partial charge < -0.3 is 23.4 Å². The van der Waals surface area contributed by atoms with Crippen molar-refractivity contribution in [1.29, 1.82) is 0 Å². The lowest BCUT2D eigenvalue weighted by Crippen LogP contribution is -2.37. The molecule has 1 N–H and O–H groups in total. The summed E-state index contributed by atoms with van der Waals surface area (Å²) in [4.78, 5) is 11.5. The number of allylic oxidation sites excluding steroid dienone is 1. The highest BCUT2D eigenvalue weighted by Gasteiger charge is 2.26. The smallest absolute Gasteiger partial charge is 0.336 e. The van der Waals surface area contributed by atoms with Gasteiger partial charge in [-0.2, -0.15) is 0 Å². The Bertz CT molecular complexity index is 1040. The summed E-state index contributed by atoms with van der Waals surface area (Å²) in [5.74, 6) is 0.620. The molecule has 2 heterocycles. The average molecular weight is 386 g/mol. The van der Waals surface area contributed by atoms with Crippen molar-refractivity contribution in [2.45, 2.75) is 45.3 Å². The van der Waals surface area contributed by atoms with Gasteiger partial charge in [0.1, 0.15) is 23.5 Å². The molecule has 0 aliphatic carbocycles. The molecule has 150 valence electrons. The van der Waals surface area contributed by atoms with Gasteiger partial charge in [-0.15, -0.1) is 0 Å². The van der Waals surface area contributed by atoms with Crippen LogP contribution in [0.1, 0.15) is 33.6 Å². The summed E-state index contributed by atoms with van der Waals surface area (Å²) in [5, 5.41) is 11.8. The zero-order valence-corrected chi connectivity index (χ0v) is 16.7. The van der Waals surface area contributed by atoms with Crippen molar-refractivity contribution >= 4 is 21.9 Å². The summed E-state index contributed by atoms with van der Waals surface area (Å²) >= 11 is 0. The van der Waals surface area contributed by atoms with Crippen LogP contribution in [0.5, 0.6) is 5.75 Å². The molecule has 0 aliphatic rings. The predicted molar refractivity (Wildman–Crippen MR) is 108 cm³/mol. The molecule has 1 atom stereocenters. The highest BCUT2D eigenvalue weighted by molar-refractivity contribution is 6.01. The third kappa shape index (κ3) is 4.29. The first kappa shape index (κ1) is 20.2. The van der Waals surface area contributed by atoms with E-state index in [1.807, 2.05) is 32.9 Å². The van der Waals surface area contributed by atoms with Gasteiger partial charge in [0.2, 0.25) is 0 Å². The van der Waals surface area contributed by atoms with Gasteiger partial charge in [-0.1, -0.05) is 5.57 Å². The van der Waals surface area contributed by atoms with Gasteiger partial charge in [0, 0.05) is 19.2 Å². The Morgan fingerprint density at radius 3 is 2.75 bits per heavy atom. The van der Waals surface area contributed by atoms with Crippen LogP contribution in [0.3, 0.4) is 0 Å². The molecule has 2 aromatic heterocycles. The second-order valence-electron chi connectivity index (χ2n) is 7.43. The van der Waals surface area contributed by atoms with E-state index in [2.05, 4.69) is 0 Å². The molecule has 0 spiro atoms. The minimum Gasteiger partial charge on any atom is -0.488 e. The number of hydrogen-bond donors (Lipinski definition) is 1. The summed E-state index contributed by atoms with van der Waals surface area (Å²) in [6.07, 6.45) is 4.36. The van der Waals surface area contributed by atoms with E-state index in [9.17, 15) is 9.90 Å². The second kappa shape index (κ2) is 8.20. The number of hydrogen-bond acceptors (Lipinski definition) is 6. The summed E-state index contributed by atoms with van der Waals surface area (Å²) in [5.41, 5.74) is 1.15. The topological polar surface area (TPSA) is 82.0 Å². The fraction of sp³-hybridized carbons (Fsp3) is 0.409. The molecule has 0 saturated heterocycles. The number of fused-ring (bicyclic) bond motifs is 2. The van der Waals surface area contributed by atoms with Crippen molar-refractivity contribution in [1.82, 2.24) is 0 Å². The predicted octanol–water partition coefficient (Wildman–Crippen LogP) is 4.43. The van der Waals surface area contributed by atoms with E-state index in [0.29, 0.717) is 29.9 Å². The van der Waals surface area contributed by atoms with Crippen molar-refractivity contribution in [3.8, 4) is 5.75 Å². The van der Waals surface area contributed by atoms with Crippen LogP contribution in [0.15, 0.2) is 55.8 Å². The van der Waals surface area contributed by atoms with E-state index in [4.69, 9.17) is 18.3 Å². The molecule has 28 heavy (non-hydrogen) atoms. The van der Waals surface area contributed by atoms with Crippen molar-refractivity contribution < 1.29 is 23.4 Å². The Balaban J connectivity index is 1.73. The van der Waals surface area contributed by atoms with Gasteiger partial charge in [0.05, 0.1) is 28.7 Å². The number of ether oxygens (including phenoxy) is 2. The summed E-state index contributed by atoms with van der Waals surface area (Å²) < 4.78 is 22.0. The quantitative estimate of drug-likeness (QED) is 0.456. The lowest BCUT2D eigenvalue weighted by Gasteiger charge is -2.29. The van der Waals surface area contributed by atoms with Crippen LogP contribution in [-0.2, 0) is 4.74 Å². The third-order valence-corrected chi connectivity index (χ3v) is 5.11. The van der Waals surface area contributed by atoms with E-state index in [1.54, 1.807) is 25.5 Å². The van der Waals surface area contributed by atoms with Gasteiger partial charge in [-0.3, -0.25) is 0 Å². The Morgan fingerprint density at radius 2 is 2.00 bits per heavy atom. The van der Waals surface area contributed by atoms with Crippen LogP contribution in [0.4, 0.5) is 0 Å². The first-order chi connectivity index (χ1) is 13.3. The monoisotopic (exact) mass is 386 g/mol. The maximum Gasteiger partial charge on any atom is 0.336 e. The molecule has 0 amide bonds. The first-order valence-electron chi connectivity index (χ1n) is 9.27. The van der Waals surface area contributed by atoms with Crippen LogP contribution in [0.25, 0.3) is 21.9 Å². The van der Waals surface area contributed by atoms with E-state index < -0.39 is 17.3 Å². The Kier molecular flexibility index (Phi) is 5.91. The maximum absolute atomic E-state index is 11.5. The lowest BCUT2D eigenvalue weighted by molar-refractivity contribution is -0.0797. The summed E-state index contributed by atoms with van der Waals surface area (Å²) in [6.45, 7) is 6.10. The summed E-state index contributed by atoms with van der Waals surface area (Å²) in [6, 6.07) is 6.60. The first-order valence-corrected chi connectivity index (χ1v) is 9.27. The standard InChI is InChI=1S/C22H26O6/c1-14(5-7-19(23)22(2,3)25-4)9-11-27-21-15-6-8-20(24)28-18(15)13-17-16(21)10-12-26-17/h6,8-10,12-13,19,23H,5,7,11H2,1-4H3. The molecular weight excluding hydrogens is 360 g/mol. The van der Waals surface area contributed by atoms with Crippen molar-refractivity contribution in [3.05, 3.63) is 52.6 Å². The third-order valence-electron chi connectivity index (χ3n) is 5.11. The number of aliphatic hydroxyl groups excluding tert-OH is 1. The van der Waals surface area contributed by atoms with E-state index >= 15 is 0 Å². The lowest BCUT2D eigenvalue weighted by atomic mass is 9.95. The van der Waals surface area contributed by atoms with Crippen LogP contribution < -0.4 is 10.4 Å². The molecule has 0 bridgehead atoms. The van der Waals surface area contributed by atoms with Crippen LogP contribution >= 0.6 is 0 Å². The van der Waals surface area contributed by atoms with Crippen molar-refractivity contribution in [2.24, 2.45) is 0 Å². The SMILES string of the molecule is COC(C)(C)C(O)CCC(C)=CCOc1c2ccoc2cc2oc(=O)ccc12. The fourth-order valence-electron chi connectivity index (χ4n) is 2.98. The molecule has 6 nitrogen and oxygen atoms in total. The minimum atomic E-state index is -0.573. The zero-order valence-electron chi connectivity index (χ0n) is 16.7. The number of furan rings is 1. The molecule has 1 unspecified atom stereocenters. The molecule has 0 aliphatic heterocycles. The molecular formula is C22H26O6. The highest BCUT2D eigenvalue weighted by atomic mass is 16.5. The van der Waals surface area contributed by atoms with Gasteiger partial charge in [0.15, 0.2) is 0 Å². The summed E-state index contributed by atoms with van der Waals surface area (Å²) in [7, 11) is 1.60. The number of benzene rings is 1. The Labute approximate surface area is 163 Å². The number of rotatable bonds is 8. The van der Waals surface area contributed by atoms with E-state index in [-0.39, 0.29) is 0 Å². The van der Waals surface area contributed by atoms with E-state index in [1.165, 1.54) is 6.07 Å². The number of methoxy groups -OCH3 is 1. The Morgan fingerprint density at radius 1 is 1.25 bits per heavy atom. The zero-order chi connectivity index (χ0) is 20.3. The maximum atomic E-state index is 11.5.